The maximum absolute atomic E-state index is 13.5. The highest BCUT2D eigenvalue weighted by molar-refractivity contribution is 9.11. The fraction of sp³-hybridized carbons (Fsp3) is 0.231. The van der Waals surface area contributed by atoms with E-state index in [2.05, 4.69) is 15.9 Å². The van der Waals surface area contributed by atoms with E-state index in [1.54, 1.807) is 0 Å². The number of aliphatic hydroxyl groups excluding tert-OH is 1. The number of hydrogen-bond acceptors (Lipinski definition) is 2. The van der Waals surface area contributed by atoms with Gasteiger partial charge in [0, 0.05) is 11.3 Å². The van der Waals surface area contributed by atoms with E-state index in [0.29, 0.717) is 0 Å². The van der Waals surface area contributed by atoms with Gasteiger partial charge in [-0.25, -0.2) is 8.78 Å². The molecule has 1 heterocycles. The normalized spacial score (nSPS) is 12.7. The second-order valence-electron chi connectivity index (χ2n) is 4.04. The number of aryl methyl sites for hydroxylation is 1. The van der Waals surface area contributed by atoms with Crippen LogP contribution < -0.4 is 0 Å². The monoisotopic (exact) mass is 332 g/mol. The van der Waals surface area contributed by atoms with E-state index >= 15 is 0 Å². The van der Waals surface area contributed by atoms with Crippen molar-refractivity contribution >= 4 is 27.3 Å². The average molecular weight is 333 g/mol. The van der Waals surface area contributed by atoms with Crippen molar-refractivity contribution in [2.75, 3.05) is 0 Å². The fourth-order valence-electron chi connectivity index (χ4n) is 1.66. The Morgan fingerprint density at radius 3 is 2.72 bits per heavy atom. The number of benzene rings is 1. The lowest BCUT2D eigenvalue weighted by Gasteiger charge is -2.09. The van der Waals surface area contributed by atoms with Gasteiger partial charge in [-0.15, -0.1) is 11.3 Å². The molecule has 2 aromatic rings. The Labute approximate surface area is 116 Å². The first kappa shape index (κ1) is 13.6. The van der Waals surface area contributed by atoms with Crippen molar-refractivity contribution in [1.82, 2.24) is 0 Å². The van der Waals surface area contributed by atoms with Crippen molar-refractivity contribution in [3.05, 3.63) is 55.7 Å². The Balaban J connectivity index is 2.21. The molecule has 0 fully saturated rings. The molecule has 1 aromatic carbocycles. The van der Waals surface area contributed by atoms with Gasteiger partial charge in [0.25, 0.3) is 0 Å². The summed E-state index contributed by atoms with van der Waals surface area (Å²) >= 11 is 4.77. The summed E-state index contributed by atoms with van der Waals surface area (Å²) in [7, 11) is 0. The molecule has 0 saturated carbocycles. The van der Waals surface area contributed by atoms with E-state index < -0.39 is 17.7 Å². The molecule has 1 atom stereocenters. The molecule has 1 aromatic heterocycles. The molecule has 0 radical (unpaired) electrons. The van der Waals surface area contributed by atoms with E-state index in [1.165, 1.54) is 23.5 Å². The molecule has 1 N–H and O–H groups in total. The molecule has 1 unspecified atom stereocenters. The van der Waals surface area contributed by atoms with E-state index in [9.17, 15) is 13.9 Å². The first-order chi connectivity index (χ1) is 8.49. The van der Waals surface area contributed by atoms with Gasteiger partial charge in [0.05, 0.1) is 9.89 Å². The van der Waals surface area contributed by atoms with Crippen molar-refractivity contribution in [3.63, 3.8) is 0 Å². The Hall–Kier alpha value is -0.780. The van der Waals surface area contributed by atoms with Gasteiger partial charge in [0.15, 0.2) is 11.6 Å². The van der Waals surface area contributed by atoms with Crippen LogP contribution in [0.15, 0.2) is 28.1 Å². The van der Waals surface area contributed by atoms with Crippen LogP contribution >= 0.6 is 27.3 Å². The van der Waals surface area contributed by atoms with Gasteiger partial charge in [-0.05, 0) is 46.1 Å². The van der Waals surface area contributed by atoms with Crippen LogP contribution in [0.2, 0.25) is 0 Å². The third-order valence-corrected chi connectivity index (χ3v) is 4.89. The molecule has 0 aliphatic carbocycles. The number of thiophene rings is 1. The van der Waals surface area contributed by atoms with E-state index in [-0.39, 0.29) is 12.0 Å². The molecule has 0 aliphatic heterocycles. The van der Waals surface area contributed by atoms with Crippen LogP contribution in [0.3, 0.4) is 0 Å². The summed E-state index contributed by atoms with van der Waals surface area (Å²) in [6.07, 6.45) is -0.757. The van der Waals surface area contributed by atoms with Gasteiger partial charge < -0.3 is 5.11 Å². The van der Waals surface area contributed by atoms with Crippen LogP contribution in [-0.2, 0) is 6.42 Å². The first-order valence-corrected chi connectivity index (χ1v) is 6.96. The third-order valence-electron chi connectivity index (χ3n) is 2.65. The van der Waals surface area contributed by atoms with Gasteiger partial charge in [0.2, 0.25) is 0 Å². The van der Waals surface area contributed by atoms with E-state index in [1.807, 2.05) is 13.0 Å². The second kappa shape index (κ2) is 5.47. The lowest BCUT2D eigenvalue weighted by Crippen LogP contribution is -2.03. The summed E-state index contributed by atoms with van der Waals surface area (Å²) in [4.78, 5) is 0.739. The predicted octanol–water partition coefficient (Wildman–Crippen LogP) is 4.37. The van der Waals surface area contributed by atoms with Crippen LogP contribution in [0.5, 0.6) is 0 Å². The Morgan fingerprint density at radius 1 is 1.39 bits per heavy atom. The number of halogens is 3. The van der Waals surface area contributed by atoms with Crippen molar-refractivity contribution in [2.45, 2.75) is 19.4 Å². The lowest BCUT2D eigenvalue weighted by atomic mass is 10.1. The highest BCUT2D eigenvalue weighted by Crippen LogP contribution is 2.33. The zero-order chi connectivity index (χ0) is 13.3. The molecule has 0 amide bonds. The minimum absolute atomic E-state index is 0.0655. The minimum Gasteiger partial charge on any atom is -0.387 e. The fourth-order valence-corrected chi connectivity index (χ4v) is 3.22. The molecule has 0 saturated heterocycles. The lowest BCUT2D eigenvalue weighted by molar-refractivity contribution is 0.180. The Morgan fingerprint density at radius 2 is 2.11 bits per heavy atom. The van der Waals surface area contributed by atoms with Gasteiger partial charge in [0.1, 0.15) is 0 Å². The van der Waals surface area contributed by atoms with Crippen molar-refractivity contribution in [1.29, 1.82) is 0 Å². The largest absolute Gasteiger partial charge is 0.387 e. The first-order valence-electron chi connectivity index (χ1n) is 5.36. The molecule has 2 rings (SSSR count). The maximum atomic E-state index is 13.5. The standard InChI is InChI=1S/C13H11BrF2OS/c1-7-5-11(18-13(7)14)10(17)6-8-3-2-4-9(15)12(8)16/h2-5,10,17H,6H2,1H3. The van der Waals surface area contributed by atoms with Crippen molar-refractivity contribution < 1.29 is 13.9 Å². The van der Waals surface area contributed by atoms with Crippen LogP contribution in [0.25, 0.3) is 0 Å². The minimum atomic E-state index is -0.886. The Kier molecular flexibility index (Phi) is 4.14. The second-order valence-corrected chi connectivity index (χ2v) is 6.44. The van der Waals surface area contributed by atoms with Crippen LogP contribution in [0, 0.1) is 18.6 Å². The summed E-state index contributed by atoms with van der Waals surface area (Å²) in [6.45, 7) is 1.92. The van der Waals surface area contributed by atoms with Gasteiger partial charge >= 0.3 is 0 Å². The summed E-state index contributed by atoms with van der Waals surface area (Å²) in [5.74, 6) is -1.77. The summed E-state index contributed by atoms with van der Waals surface area (Å²) in [6, 6.07) is 5.83. The zero-order valence-electron chi connectivity index (χ0n) is 9.58. The zero-order valence-corrected chi connectivity index (χ0v) is 12.0. The summed E-state index contributed by atoms with van der Waals surface area (Å²) < 4.78 is 27.5. The summed E-state index contributed by atoms with van der Waals surface area (Å²) in [5.41, 5.74) is 1.21. The van der Waals surface area contributed by atoms with Crippen LogP contribution in [0.4, 0.5) is 8.78 Å². The molecule has 0 spiro atoms. The maximum Gasteiger partial charge on any atom is 0.162 e. The van der Waals surface area contributed by atoms with Gasteiger partial charge in [-0.2, -0.15) is 0 Å². The smallest absolute Gasteiger partial charge is 0.162 e. The highest BCUT2D eigenvalue weighted by Gasteiger charge is 2.16. The number of aliphatic hydroxyl groups is 1. The molecule has 0 bridgehead atoms. The molecule has 18 heavy (non-hydrogen) atoms. The topological polar surface area (TPSA) is 20.2 Å². The van der Waals surface area contributed by atoms with Crippen LogP contribution in [0.1, 0.15) is 22.1 Å². The quantitative estimate of drug-likeness (QED) is 0.884. The average Bonchev–Trinajstić information content (AvgIpc) is 2.66. The van der Waals surface area contributed by atoms with E-state index in [0.717, 1.165) is 20.3 Å². The third kappa shape index (κ3) is 2.79. The molecule has 96 valence electrons. The molecular formula is C13H11BrF2OS. The van der Waals surface area contributed by atoms with Crippen LogP contribution in [-0.4, -0.2) is 5.11 Å². The van der Waals surface area contributed by atoms with Gasteiger partial charge in [-0.3, -0.25) is 0 Å². The SMILES string of the molecule is Cc1cc(C(O)Cc2cccc(F)c2F)sc1Br. The highest BCUT2D eigenvalue weighted by atomic mass is 79.9. The number of rotatable bonds is 3. The number of hydrogen-bond donors (Lipinski definition) is 1. The predicted molar refractivity (Wildman–Crippen MR) is 71.8 cm³/mol. The Bertz CT molecular complexity index is 549. The molecule has 5 heteroatoms. The van der Waals surface area contributed by atoms with Crippen molar-refractivity contribution in [2.24, 2.45) is 0 Å². The van der Waals surface area contributed by atoms with E-state index in [4.69, 9.17) is 0 Å². The summed E-state index contributed by atoms with van der Waals surface area (Å²) in [5, 5.41) is 10.0. The molecular weight excluding hydrogens is 322 g/mol. The van der Waals surface area contributed by atoms with Gasteiger partial charge in [-0.1, -0.05) is 12.1 Å². The molecule has 1 nitrogen and oxygen atoms in total. The van der Waals surface area contributed by atoms with Crippen molar-refractivity contribution in [3.8, 4) is 0 Å². The molecule has 0 aliphatic rings.